The lowest BCUT2D eigenvalue weighted by Gasteiger charge is -2.20. The molecule has 0 fully saturated rings. The Morgan fingerprint density at radius 2 is 1.65 bits per heavy atom. The molecule has 0 bridgehead atoms. The van der Waals surface area contributed by atoms with E-state index in [1.54, 1.807) is 23.5 Å². The molecule has 2 aromatic rings. The molecule has 0 saturated carbocycles. The van der Waals surface area contributed by atoms with Crippen LogP contribution in [0.2, 0.25) is 0 Å². The van der Waals surface area contributed by atoms with Gasteiger partial charge in [0.1, 0.15) is 0 Å². The molecular weight excluding hydrogens is 324 g/mol. The van der Waals surface area contributed by atoms with Gasteiger partial charge >= 0.3 is 0 Å². The van der Waals surface area contributed by atoms with Crippen LogP contribution < -0.4 is 0 Å². The van der Waals surface area contributed by atoms with Crippen LogP contribution in [0.25, 0.3) is 16.3 Å². The Bertz CT molecular complexity index is 664. The highest BCUT2D eigenvalue weighted by atomic mass is 32.2. The van der Waals surface area contributed by atoms with Gasteiger partial charge in [-0.2, -0.15) is 4.98 Å². The van der Waals surface area contributed by atoms with Gasteiger partial charge < -0.3 is 4.52 Å². The number of aromatic nitrogens is 2. The maximum absolute atomic E-state index is 5.53. The zero-order valence-electron chi connectivity index (χ0n) is 14.6. The quantitative estimate of drug-likeness (QED) is 0.667. The van der Waals surface area contributed by atoms with Gasteiger partial charge in [-0.05, 0) is 5.41 Å². The van der Waals surface area contributed by atoms with Gasteiger partial charge in [0.15, 0.2) is 0 Å². The van der Waals surface area contributed by atoms with E-state index in [4.69, 9.17) is 4.52 Å². The molecule has 0 aliphatic carbocycles. The molecule has 0 N–H and O–H groups in total. The number of nitrogens with zero attached hydrogens (tertiary/aromatic N) is 2. The molecule has 2 rings (SSSR count). The molecular formula is C18H24N2OS2. The molecule has 0 unspecified atom stereocenters. The summed E-state index contributed by atoms with van der Waals surface area (Å²) in [4.78, 5) is 5.61. The Hall–Kier alpha value is -1.20. The molecule has 5 heteroatoms. The van der Waals surface area contributed by atoms with Crippen LogP contribution >= 0.6 is 23.5 Å². The van der Waals surface area contributed by atoms with Gasteiger partial charge in [0.2, 0.25) is 5.82 Å². The fourth-order valence-electron chi connectivity index (χ4n) is 1.71. The van der Waals surface area contributed by atoms with Gasteiger partial charge in [0.25, 0.3) is 5.89 Å². The minimum Gasteiger partial charge on any atom is -0.333 e. The van der Waals surface area contributed by atoms with Crippen LogP contribution in [-0.2, 0) is 0 Å². The molecule has 0 spiro atoms. The first kappa shape index (κ1) is 18.1. The van der Waals surface area contributed by atoms with Crippen molar-refractivity contribution < 1.29 is 4.52 Å². The number of hydrogen-bond donors (Lipinski definition) is 0. The maximum atomic E-state index is 5.53. The maximum Gasteiger partial charge on any atom is 0.265 e. The highest BCUT2D eigenvalue weighted by Crippen LogP contribution is 2.40. The average molecular weight is 349 g/mol. The topological polar surface area (TPSA) is 38.9 Å². The predicted octanol–water partition coefficient (Wildman–Crippen LogP) is 6.10. The summed E-state index contributed by atoms with van der Waals surface area (Å²) in [6.45, 7) is 13.1. The van der Waals surface area contributed by atoms with Crippen LogP contribution in [0, 0.1) is 0 Å². The second-order valence-corrected chi connectivity index (χ2v) is 10.8. The summed E-state index contributed by atoms with van der Waals surface area (Å²) < 4.78 is 5.75. The Labute approximate surface area is 147 Å². The largest absolute Gasteiger partial charge is 0.333 e. The number of benzene rings is 1. The molecule has 23 heavy (non-hydrogen) atoms. The monoisotopic (exact) mass is 348 g/mol. The van der Waals surface area contributed by atoms with E-state index in [1.807, 2.05) is 30.3 Å². The van der Waals surface area contributed by atoms with E-state index in [2.05, 4.69) is 57.1 Å². The second-order valence-electron chi connectivity index (χ2n) is 7.22. The van der Waals surface area contributed by atoms with Crippen LogP contribution in [-0.4, -0.2) is 19.6 Å². The summed E-state index contributed by atoms with van der Waals surface area (Å²) >= 11 is 3.52. The fraction of sp³-hybridized carbons (Fsp3) is 0.444. The first-order chi connectivity index (χ1) is 10.6. The lowest BCUT2D eigenvalue weighted by atomic mass is 10.2. The fourth-order valence-corrected chi connectivity index (χ4v) is 3.43. The van der Waals surface area contributed by atoms with E-state index in [-0.39, 0.29) is 9.49 Å². The van der Waals surface area contributed by atoms with Gasteiger partial charge in [-0.3, -0.25) is 0 Å². The lowest BCUT2D eigenvalue weighted by molar-refractivity contribution is 0.410. The SMILES string of the molecule is CC(C)(C)S/C=C(/SC(C)(C)C)c1nc(-c2ccccc2)no1. The van der Waals surface area contributed by atoms with Crippen molar-refractivity contribution in [1.82, 2.24) is 10.1 Å². The molecule has 1 aromatic heterocycles. The molecule has 0 aliphatic heterocycles. The van der Waals surface area contributed by atoms with Gasteiger partial charge in [-0.25, -0.2) is 0 Å². The van der Waals surface area contributed by atoms with Gasteiger partial charge in [0, 0.05) is 15.1 Å². The van der Waals surface area contributed by atoms with Crippen molar-refractivity contribution in [2.45, 2.75) is 51.0 Å². The third-order valence-electron chi connectivity index (χ3n) is 2.60. The van der Waals surface area contributed by atoms with Crippen molar-refractivity contribution >= 4 is 28.4 Å². The average Bonchev–Trinajstić information content (AvgIpc) is 2.92. The van der Waals surface area contributed by atoms with E-state index in [0.29, 0.717) is 11.7 Å². The zero-order chi connectivity index (χ0) is 17.1. The summed E-state index contributed by atoms with van der Waals surface area (Å²) in [5.74, 6) is 1.21. The van der Waals surface area contributed by atoms with E-state index in [0.717, 1.165) is 10.5 Å². The molecule has 0 atom stereocenters. The van der Waals surface area contributed by atoms with E-state index in [9.17, 15) is 0 Å². The van der Waals surface area contributed by atoms with Crippen molar-refractivity contribution in [3.63, 3.8) is 0 Å². The summed E-state index contributed by atoms with van der Waals surface area (Å²) in [7, 11) is 0. The molecule has 0 saturated heterocycles. The number of thioether (sulfide) groups is 2. The Balaban J connectivity index is 2.31. The summed E-state index contributed by atoms with van der Waals surface area (Å²) in [6, 6.07) is 9.89. The summed E-state index contributed by atoms with van der Waals surface area (Å²) in [5.41, 5.74) is 0.964. The smallest absolute Gasteiger partial charge is 0.265 e. The molecule has 0 radical (unpaired) electrons. The van der Waals surface area contributed by atoms with Crippen molar-refractivity contribution in [3.8, 4) is 11.4 Å². The Morgan fingerprint density at radius 3 is 2.22 bits per heavy atom. The van der Waals surface area contributed by atoms with Crippen molar-refractivity contribution in [1.29, 1.82) is 0 Å². The van der Waals surface area contributed by atoms with Crippen LogP contribution in [0.15, 0.2) is 40.3 Å². The van der Waals surface area contributed by atoms with Crippen LogP contribution in [0.1, 0.15) is 47.4 Å². The van der Waals surface area contributed by atoms with E-state index < -0.39 is 0 Å². The predicted molar refractivity (Wildman–Crippen MR) is 102 cm³/mol. The Kier molecular flexibility index (Phi) is 5.63. The molecule has 1 aromatic carbocycles. The number of rotatable bonds is 4. The first-order valence-electron chi connectivity index (χ1n) is 7.60. The highest BCUT2D eigenvalue weighted by Gasteiger charge is 2.21. The lowest BCUT2D eigenvalue weighted by Crippen LogP contribution is -2.08. The van der Waals surface area contributed by atoms with Crippen LogP contribution in [0.3, 0.4) is 0 Å². The van der Waals surface area contributed by atoms with Crippen molar-refractivity contribution in [3.05, 3.63) is 41.6 Å². The summed E-state index contributed by atoms with van der Waals surface area (Å²) in [5, 5.41) is 6.27. The first-order valence-corrected chi connectivity index (χ1v) is 9.30. The molecule has 124 valence electrons. The van der Waals surface area contributed by atoms with E-state index in [1.165, 1.54) is 0 Å². The summed E-state index contributed by atoms with van der Waals surface area (Å²) in [6.07, 6.45) is 0. The minimum absolute atomic E-state index is 0.0751. The van der Waals surface area contributed by atoms with Gasteiger partial charge in [-0.15, -0.1) is 23.5 Å². The second kappa shape index (κ2) is 7.14. The standard InChI is InChI=1S/C18H24N2OS2/c1-17(2,3)22-12-14(23-18(4,5)6)16-19-15(20-21-16)13-10-8-7-9-11-13/h7-12H,1-6H3/b14-12+. The molecule has 0 aliphatic rings. The number of hydrogen-bond acceptors (Lipinski definition) is 5. The van der Waals surface area contributed by atoms with Crippen molar-refractivity contribution in [2.75, 3.05) is 0 Å². The third-order valence-corrected chi connectivity index (χ3v) is 4.94. The molecule has 3 nitrogen and oxygen atoms in total. The Morgan fingerprint density at radius 1 is 1.00 bits per heavy atom. The normalized spacial score (nSPS) is 13.4. The van der Waals surface area contributed by atoms with Crippen LogP contribution in [0.5, 0.6) is 0 Å². The van der Waals surface area contributed by atoms with Crippen molar-refractivity contribution in [2.24, 2.45) is 0 Å². The highest BCUT2D eigenvalue weighted by molar-refractivity contribution is 8.11. The zero-order valence-corrected chi connectivity index (χ0v) is 16.2. The molecule has 1 heterocycles. The van der Waals surface area contributed by atoms with Gasteiger partial charge in [-0.1, -0.05) is 77.0 Å². The van der Waals surface area contributed by atoms with Crippen LogP contribution in [0.4, 0.5) is 0 Å². The minimum atomic E-state index is 0.0751. The molecule has 0 amide bonds. The van der Waals surface area contributed by atoms with Gasteiger partial charge in [0.05, 0.1) is 4.91 Å². The van der Waals surface area contributed by atoms with E-state index >= 15 is 0 Å². The third kappa shape index (κ3) is 6.07.